The third-order valence-corrected chi connectivity index (χ3v) is 3.49. The highest BCUT2D eigenvalue weighted by molar-refractivity contribution is 7.92. The molecule has 1 aromatic heterocycles. The van der Waals surface area contributed by atoms with E-state index in [0.29, 0.717) is 11.4 Å². The Bertz CT molecular complexity index is 625. The quantitative estimate of drug-likeness (QED) is 0.679. The second-order valence-corrected chi connectivity index (χ2v) is 5.59. The van der Waals surface area contributed by atoms with Gasteiger partial charge in [-0.15, -0.1) is 0 Å². The van der Waals surface area contributed by atoms with Gasteiger partial charge in [-0.25, -0.2) is 13.4 Å². The standard InChI is InChI=1S/C11H14N4O3S/c12-9-3-1-2-4-10(9)18-7-8-19(16,17)15-11-13-5-6-14-11/h1-6H,7-8,12H2,(H2,13,14,15). The fraction of sp³-hybridized carbons (Fsp3) is 0.182. The average molecular weight is 282 g/mol. The van der Waals surface area contributed by atoms with Crippen molar-refractivity contribution in [1.29, 1.82) is 0 Å². The van der Waals surface area contributed by atoms with Crippen molar-refractivity contribution >= 4 is 21.7 Å². The number of nitrogens with zero attached hydrogens (tertiary/aromatic N) is 1. The number of benzene rings is 1. The number of aromatic amines is 1. The van der Waals surface area contributed by atoms with Crippen LogP contribution in [0.1, 0.15) is 0 Å². The molecule has 0 aliphatic rings. The summed E-state index contributed by atoms with van der Waals surface area (Å²) in [4.78, 5) is 6.42. The molecular weight excluding hydrogens is 268 g/mol. The van der Waals surface area contributed by atoms with Crippen LogP contribution < -0.4 is 15.2 Å². The fourth-order valence-corrected chi connectivity index (χ4v) is 2.20. The van der Waals surface area contributed by atoms with Gasteiger partial charge in [-0.05, 0) is 12.1 Å². The first-order valence-electron chi connectivity index (χ1n) is 5.54. The van der Waals surface area contributed by atoms with Crippen LogP contribution in [0.3, 0.4) is 0 Å². The molecule has 0 bridgehead atoms. The monoisotopic (exact) mass is 282 g/mol. The molecule has 0 amide bonds. The van der Waals surface area contributed by atoms with Gasteiger partial charge < -0.3 is 15.5 Å². The summed E-state index contributed by atoms with van der Waals surface area (Å²) in [5.41, 5.74) is 6.15. The number of ether oxygens (including phenoxy) is 1. The van der Waals surface area contributed by atoms with Gasteiger partial charge in [-0.3, -0.25) is 4.72 Å². The molecule has 4 N–H and O–H groups in total. The Morgan fingerprint density at radius 3 is 2.84 bits per heavy atom. The summed E-state index contributed by atoms with van der Waals surface area (Å²) >= 11 is 0. The molecule has 0 atom stereocenters. The van der Waals surface area contributed by atoms with E-state index in [0.717, 1.165) is 0 Å². The van der Waals surface area contributed by atoms with Crippen LogP contribution in [0.5, 0.6) is 5.75 Å². The Hall–Kier alpha value is -2.22. The molecule has 1 heterocycles. The molecule has 1 aromatic carbocycles. The van der Waals surface area contributed by atoms with Gasteiger partial charge in [0.1, 0.15) is 18.1 Å². The number of imidazole rings is 1. The zero-order valence-corrected chi connectivity index (χ0v) is 10.9. The first-order valence-corrected chi connectivity index (χ1v) is 7.19. The highest BCUT2D eigenvalue weighted by atomic mass is 32.2. The van der Waals surface area contributed by atoms with Crippen LogP contribution in [0.2, 0.25) is 0 Å². The average Bonchev–Trinajstić information content (AvgIpc) is 2.83. The fourth-order valence-electron chi connectivity index (χ4n) is 1.39. The van der Waals surface area contributed by atoms with Crippen LogP contribution in [-0.2, 0) is 10.0 Å². The molecule has 0 aliphatic heterocycles. The van der Waals surface area contributed by atoms with Crippen molar-refractivity contribution in [3.8, 4) is 5.75 Å². The van der Waals surface area contributed by atoms with E-state index >= 15 is 0 Å². The van der Waals surface area contributed by atoms with E-state index in [1.54, 1.807) is 24.3 Å². The molecule has 102 valence electrons. The number of nitrogen functional groups attached to an aromatic ring is 1. The Labute approximate surface area is 110 Å². The lowest BCUT2D eigenvalue weighted by Gasteiger charge is -2.09. The summed E-state index contributed by atoms with van der Waals surface area (Å²) in [6, 6.07) is 6.91. The molecule has 7 nitrogen and oxygen atoms in total. The minimum Gasteiger partial charge on any atom is -0.490 e. The summed E-state index contributed by atoms with van der Waals surface area (Å²) in [5, 5.41) is 0. The SMILES string of the molecule is Nc1ccccc1OCCS(=O)(=O)Nc1ncc[nH]1. The highest BCUT2D eigenvalue weighted by Crippen LogP contribution is 2.19. The molecule has 0 unspecified atom stereocenters. The summed E-state index contributed by atoms with van der Waals surface area (Å²) in [7, 11) is -3.50. The van der Waals surface area contributed by atoms with E-state index in [-0.39, 0.29) is 18.3 Å². The van der Waals surface area contributed by atoms with Crippen molar-refractivity contribution < 1.29 is 13.2 Å². The van der Waals surface area contributed by atoms with E-state index < -0.39 is 10.0 Å². The number of para-hydroxylation sites is 2. The first kappa shape index (κ1) is 13.2. The van der Waals surface area contributed by atoms with E-state index in [1.807, 2.05) is 0 Å². The Morgan fingerprint density at radius 2 is 2.16 bits per heavy atom. The molecule has 2 rings (SSSR count). The normalized spacial score (nSPS) is 11.2. The largest absolute Gasteiger partial charge is 0.490 e. The van der Waals surface area contributed by atoms with Gasteiger partial charge in [0.2, 0.25) is 16.0 Å². The van der Waals surface area contributed by atoms with Gasteiger partial charge in [0, 0.05) is 12.4 Å². The van der Waals surface area contributed by atoms with E-state index in [4.69, 9.17) is 10.5 Å². The zero-order chi connectivity index (χ0) is 13.7. The van der Waals surface area contributed by atoms with Gasteiger partial charge in [0.25, 0.3) is 0 Å². The number of nitrogens with two attached hydrogens (primary N) is 1. The van der Waals surface area contributed by atoms with Crippen molar-refractivity contribution in [2.75, 3.05) is 22.8 Å². The number of nitrogens with one attached hydrogen (secondary N) is 2. The molecule has 0 radical (unpaired) electrons. The lowest BCUT2D eigenvalue weighted by molar-refractivity contribution is 0.343. The third kappa shape index (κ3) is 3.88. The lowest BCUT2D eigenvalue weighted by Crippen LogP contribution is -2.22. The molecular formula is C11H14N4O3S. The van der Waals surface area contributed by atoms with Crippen LogP contribution in [0.15, 0.2) is 36.7 Å². The molecule has 8 heteroatoms. The van der Waals surface area contributed by atoms with Gasteiger partial charge in [0.05, 0.1) is 5.69 Å². The number of H-pyrrole nitrogens is 1. The number of anilines is 2. The highest BCUT2D eigenvalue weighted by Gasteiger charge is 2.12. The maximum atomic E-state index is 11.7. The number of hydrogen-bond donors (Lipinski definition) is 3. The molecule has 0 saturated heterocycles. The molecule has 2 aromatic rings. The first-order chi connectivity index (χ1) is 9.07. The van der Waals surface area contributed by atoms with Crippen LogP contribution in [0, 0.1) is 0 Å². The predicted octanol–water partition coefficient (Wildman–Crippen LogP) is 0.813. The van der Waals surface area contributed by atoms with Gasteiger partial charge in [0.15, 0.2) is 0 Å². The maximum absolute atomic E-state index is 11.7. The number of hydrogen-bond acceptors (Lipinski definition) is 5. The van der Waals surface area contributed by atoms with E-state index in [1.165, 1.54) is 12.4 Å². The summed E-state index contributed by atoms with van der Waals surface area (Å²) in [6.45, 7) is 0.00422. The second kappa shape index (κ2) is 5.61. The predicted molar refractivity (Wildman–Crippen MR) is 72.3 cm³/mol. The summed E-state index contributed by atoms with van der Waals surface area (Å²) in [5.74, 6) is 0.456. The number of aromatic nitrogens is 2. The Morgan fingerprint density at radius 1 is 1.37 bits per heavy atom. The smallest absolute Gasteiger partial charge is 0.238 e. The molecule has 0 spiro atoms. The topological polar surface area (TPSA) is 110 Å². The molecule has 0 saturated carbocycles. The maximum Gasteiger partial charge on any atom is 0.238 e. The van der Waals surface area contributed by atoms with Crippen LogP contribution in [0.25, 0.3) is 0 Å². The zero-order valence-electron chi connectivity index (χ0n) is 10.0. The van der Waals surface area contributed by atoms with Gasteiger partial charge in [-0.2, -0.15) is 0 Å². The molecule has 0 aliphatic carbocycles. The Kier molecular flexibility index (Phi) is 3.91. The van der Waals surface area contributed by atoms with Crippen molar-refractivity contribution in [1.82, 2.24) is 9.97 Å². The van der Waals surface area contributed by atoms with Gasteiger partial charge >= 0.3 is 0 Å². The van der Waals surface area contributed by atoms with Crippen LogP contribution >= 0.6 is 0 Å². The van der Waals surface area contributed by atoms with Crippen molar-refractivity contribution in [3.05, 3.63) is 36.7 Å². The van der Waals surface area contributed by atoms with Crippen LogP contribution in [0.4, 0.5) is 11.6 Å². The number of sulfonamides is 1. The van der Waals surface area contributed by atoms with Gasteiger partial charge in [-0.1, -0.05) is 12.1 Å². The van der Waals surface area contributed by atoms with E-state index in [9.17, 15) is 8.42 Å². The second-order valence-electron chi connectivity index (χ2n) is 3.75. The lowest BCUT2D eigenvalue weighted by atomic mass is 10.3. The molecule has 0 fully saturated rings. The Balaban J connectivity index is 1.87. The van der Waals surface area contributed by atoms with E-state index in [2.05, 4.69) is 14.7 Å². The van der Waals surface area contributed by atoms with Crippen molar-refractivity contribution in [2.24, 2.45) is 0 Å². The third-order valence-electron chi connectivity index (χ3n) is 2.28. The van der Waals surface area contributed by atoms with Crippen LogP contribution in [-0.4, -0.2) is 30.7 Å². The van der Waals surface area contributed by atoms with Crippen molar-refractivity contribution in [3.63, 3.8) is 0 Å². The minimum atomic E-state index is -3.50. The minimum absolute atomic E-state index is 0.00422. The summed E-state index contributed by atoms with van der Waals surface area (Å²) in [6.07, 6.45) is 2.98. The van der Waals surface area contributed by atoms with Crippen molar-refractivity contribution in [2.45, 2.75) is 0 Å². The molecule has 19 heavy (non-hydrogen) atoms. The summed E-state index contributed by atoms with van der Waals surface area (Å²) < 4.78 is 31.0. The number of rotatable bonds is 6.